The molecule has 2 nitrogen and oxygen atoms in total. The van der Waals surface area contributed by atoms with Gasteiger partial charge < -0.3 is 4.74 Å². The highest BCUT2D eigenvalue weighted by atomic mass is 35.5. The maximum Gasteiger partial charge on any atom is 0.305 e. The fourth-order valence-electron chi connectivity index (χ4n) is 0.374. The van der Waals surface area contributed by atoms with Crippen LogP contribution in [0.1, 0.15) is 13.3 Å². The molecule has 10 heavy (non-hydrogen) atoms. The maximum atomic E-state index is 10.5. The number of ether oxygens (including phenoxy) is 1. The molecule has 0 amide bonds. The van der Waals surface area contributed by atoms with E-state index in [0.717, 1.165) is 0 Å². The molecule has 0 spiro atoms. The van der Waals surface area contributed by atoms with Gasteiger partial charge in [-0.15, -0.1) is 11.6 Å². The van der Waals surface area contributed by atoms with Crippen molar-refractivity contribution in [2.24, 2.45) is 0 Å². The Morgan fingerprint density at radius 3 is 2.80 bits per heavy atom. The first kappa shape index (κ1) is 9.50. The SMILES string of the molecule is CCC(=O)OC/C=C\CCl. The van der Waals surface area contributed by atoms with Crippen LogP contribution < -0.4 is 0 Å². The van der Waals surface area contributed by atoms with Crippen molar-refractivity contribution in [1.82, 2.24) is 0 Å². The Hall–Kier alpha value is -0.500. The molecule has 0 N–H and O–H groups in total. The van der Waals surface area contributed by atoms with Crippen LogP contribution in [0.2, 0.25) is 0 Å². The molecule has 0 aromatic carbocycles. The van der Waals surface area contributed by atoms with Crippen molar-refractivity contribution in [3.05, 3.63) is 12.2 Å². The maximum absolute atomic E-state index is 10.5. The summed E-state index contributed by atoms with van der Waals surface area (Å²) in [6.45, 7) is 2.09. The zero-order valence-electron chi connectivity index (χ0n) is 5.97. The van der Waals surface area contributed by atoms with Crippen LogP contribution in [0.25, 0.3) is 0 Å². The van der Waals surface area contributed by atoms with Crippen LogP contribution in [0.4, 0.5) is 0 Å². The minimum absolute atomic E-state index is 0.181. The normalized spacial score (nSPS) is 10.2. The Bertz CT molecular complexity index is 121. The van der Waals surface area contributed by atoms with Gasteiger partial charge in [0.25, 0.3) is 0 Å². The molecular weight excluding hydrogens is 152 g/mol. The second kappa shape index (κ2) is 6.62. The minimum Gasteiger partial charge on any atom is -0.461 e. The van der Waals surface area contributed by atoms with Gasteiger partial charge in [-0.2, -0.15) is 0 Å². The van der Waals surface area contributed by atoms with Crippen LogP contribution >= 0.6 is 11.6 Å². The van der Waals surface area contributed by atoms with Crippen LogP contribution in [-0.4, -0.2) is 18.5 Å². The van der Waals surface area contributed by atoms with Gasteiger partial charge in [0.15, 0.2) is 0 Å². The third kappa shape index (κ3) is 5.63. The molecular formula is C7H11ClO2. The summed E-state index contributed by atoms with van der Waals surface area (Å²) < 4.78 is 4.71. The highest BCUT2D eigenvalue weighted by Crippen LogP contribution is 1.85. The lowest BCUT2D eigenvalue weighted by atomic mass is 10.5. The monoisotopic (exact) mass is 162 g/mol. The molecule has 0 fully saturated rings. The fraction of sp³-hybridized carbons (Fsp3) is 0.571. The predicted octanol–water partition coefficient (Wildman–Crippen LogP) is 1.73. The predicted molar refractivity (Wildman–Crippen MR) is 41.1 cm³/mol. The number of carbonyl (C=O) groups is 1. The van der Waals surface area contributed by atoms with E-state index in [9.17, 15) is 4.79 Å². The molecule has 0 rings (SSSR count). The summed E-state index contributed by atoms with van der Waals surface area (Å²) in [6.07, 6.45) is 3.89. The average molecular weight is 163 g/mol. The van der Waals surface area contributed by atoms with Gasteiger partial charge in [-0.25, -0.2) is 0 Å². The first-order valence-electron chi connectivity index (χ1n) is 3.17. The van der Waals surface area contributed by atoms with Crippen molar-refractivity contribution < 1.29 is 9.53 Å². The van der Waals surface area contributed by atoms with Crippen LogP contribution in [0, 0.1) is 0 Å². The average Bonchev–Trinajstić information content (AvgIpc) is 1.98. The highest BCUT2D eigenvalue weighted by Gasteiger charge is 1.92. The Balaban J connectivity index is 3.19. The number of esters is 1. The molecule has 0 aliphatic heterocycles. The van der Waals surface area contributed by atoms with Gasteiger partial charge in [-0.05, 0) is 0 Å². The van der Waals surface area contributed by atoms with Crippen molar-refractivity contribution >= 4 is 17.6 Å². The van der Waals surface area contributed by atoms with E-state index in [0.29, 0.717) is 18.9 Å². The van der Waals surface area contributed by atoms with Gasteiger partial charge in [0.1, 0.15) is 6.61 Å². The lowest BCUT2D eigenvalue weighted by Crippen LogP contribution is -2.01. The molecule has 0 radical (unpaired) electrons. The van der Waals surface area contributed by atoms with E-state index >= 15 is 0 Å². The summed E-state index contributed by atoms with van der Waals surface area (Å²) in [4.78, 5) is 10.5. The third-order valence-electron chi connectivity index (χ3n) is 0.885. The molecule has 0 aromatic heterocycles. The molecule has 0 aliphatic carbocycles. The Morgan fingerprint density at radius 2 is 2.30 bits per heavy atom. The highest BCUT2D eigenvalue weighted by molar-refractivity contribution is 6.18. The number of allylic oxidation sites excluding steroid dienone is 1. The van der Waals surface area contributed by atoms with E-state index in [1.807, 2.05) is 0 Å². The number of hydrogen-bond acceptors (Lipinski definition) is 2. The first-order valence-corrected chi connectivity index (χ1v) is 3.71. The molecule has 0 saturated carbocycles. The number of alkyl halides is 1. The Labute approximate surface area is 65.8 Å². The van der Waals surface area contributed by atoms with E-state index in [4.69, 9.17) is 16.3 Å². The molecule has 3 heteroatoms. The van der Waals surface area contributed by atoms with Crippen molar-refractivity contribution in [3.63, 3.8) is 0 Å². The van der Waals surface area contributed by atoms with E-state index in [1.54, 1.807) is 19.1 Å². The van der Waals surface area contributed by atoms with Crippen molar-refractivity contribution in [2.75, 3.05) is 12.5 Å². The molecule has 0 heterocycles. The molecule has 0 unspecified atom stereocenters. The van der Waals surface area contributed by atoms with Crippen molar-refractivity contribution in [2.45, 2.75) is 13.3 Å². The molecule has 0 atom stereocenters. The van der Waals surface area contributed by atoms with Crippen molar-refractivity contribution in [3.8, 4) is 0 Å². The van der Waals surface area contributed by atoms with Crippen LogP contribution in [0.5, 0.6) is 0 Å². The Morgan fingerprint density at radius 1 is 1.60 bits per heavy atom. The smallest absolute Gasteiger partial charge is 0.305 e. The van der Waals surface area contributed by atoms with E-state index < -0.39 is 0 Å². The van der Waals surface area contributed by atoms with Gasteiger partial charge in [-0.3, -0.25) is 4.79 Å². The molecule has 58 valence electrons. The number of carbonyl (C=O) groups excluding carboxylic acids is 1. The largest absolute Gasteiger partial charge is 0.461 e. The van der Waals surface area contributed by atoms with Gasteiger partial charge in [0.2, 0.25) is 0 Å². The van der Waals surface area contributed by atoms with Gasteiger partial charge >= 0.3 is 5.97 Å². The van der Waals surface area contributed by atoms with Crippen LogP contribution in [0.3, 0.4) is 0 Å². The zero-order valence-corrected chi connectivity index (χ0v) is 6.73. The fourth-order valence-corrected chi connectivity index (χ4v) is 0.500. The van der Waals surface area contributed by atoms with E-state index in [1.165, 1.54) is 0 Å². The quantitative estimate of drug-likeness (QED) is 0.358. The van der Waals surface area contributed by atoms with E-state index in [2.05, 4.69) is 0 Å². The lowest BCUT2D eigenvalue weighted by Gasteiger charge is -1.95. The summed E-state index contributed by atoms with van der Waals surface area (Å²) in [5, 5.41) is 0. The minimum atomic E-state index is -0.181. The number of halogens is 1. The van der Waals surface area contributed by atoms with Gasteiger partial charge in [0, 0.05) is 12.3 Å². The molecule has 0 bridgehead atoms. The van der Waals surface area contributed by atoms with Gasteiger partial charge in [-0.1, -0.05) is 19.1 Å². The standard InChI is InChI=1S/C7H11ClO2/c1-2-7(9)10-6-4-3-5-8/h3-4H,2,5-6H2,1H3/b4-3-. The van der Waals surface area contributed by atoms with E-state index in [-0.39, 0.29) is 5.97 Å². The summed E-state index contributed by atoms with van der Waals surface area (Å²) in [5.74, 6) is 0.281. The summed E-state index contributed by atoms with van der Waals surface area (Å²) in [6, 6.07) is 0. The van der Waals surface area contributed by atoms with Gasteiger partial charge in [0.05, 0.1) is 0 Å². The van der Waals surface area contributed by atoms with Crippen LogP contribution in [0.15, 0.2) is 12.2 Å². The van der Waals surface area contributed by atoms with Crippen molar-refractivity contribution in [1.29, 1.82) is 0 Å². The molecule has 0 saturated heterocycles. The molecule has 0 aromatic rings. The number of rotatable bonds is 4. The summed E-state index contributed by atoms with van der Waals surface area (Å²) >= 11 is 5.32. The molecule has 0 aliphatic rings. The second-order valence-corrected chi connectivity index (χ2v) is 1.97. The lowest BCUT2D eigenvalue weighted by molar-refractivity contribution is -0.141. The first-order chi connectivity index (χ1) is 4.81. The number of hydrogen-bond donors (Lipinski definition) is 0. The van der Waals surface area contributed by atoms with Crippen LogP contribution in [-0.2, 0) is 9.53 Å². The second-order valence-electron chi connectivity index (χ2n) is 1.66. The Kier molecular flexibility index (Phi) is 6.29. The third-order valence-corrected chi connectivity index (χ3v) is 1.06. The summed E-state index contributed by atoms with van der Waals surface area (Å²) in [7, 11) is 0. The zero-order chi connectivity index (χ0) is 7.82. The topological polar surface area (TPSA) is 26.3 Å². The summed E-state index contributed by atoms with van der Waals surface area (Å²) in [5.41, 5.74) is 0.